The highest BCUT2D eigenvalue weighted by molar-refractivity contribution is 7.20. The molecule has 3 nitrogen and oxygen atoms in total. The summed E-state index contributed by atoms with van der Waals surface area (Å²) in [6.07, 6.45) is 0. The van der Waals surface area contributed by atoms with Gasteiger partial charge in [0.1, 0.15) is 0 Å². The summed E-state index contributed by atoms with van der Waals surface area (Å²) >= 11 is 4.70. The number of carbonyl (C=O) groups is 1. The van der Waals surface area contributed by atoms with E-state index < -0.39 is 0 Å². The first-order valence-corrected chi connectivity index (χ1v) is 9.67. The predicted octanol–water partition coefficient (Wildman–Crippen LogP) is 4.94. The highest BCUT2D eigenvalue weighted by Crippen LogP contribution is 2.29. The quantitative estimate of drug-likeness (QED) is 0.563. The number of hydrogen-bond acceptors (Lipinski definition) is 5. The Bertz CT molecular complexity index is 859. The first kappa shape index (κ1) is 14.6. The molecule has 0 saturated carbocycles. The molecular formula is C17H12N2OS3. The fourth-order valence-corrected chi connectivity index (χ4v) is 4.73. The van der Waals surface area contributed by atoms with Crippen molar-refractivity contribution in [2.24, 2.45) is 0 Å². The molecule has 1 amide bonds. The van der Waals surface area contributed by atoms with E-state index in [1.807, 2.05) is 53.2 Å². The van der Waals surface area contributed by atoms with Gasteiger partial charge in [-0.25, -0.2) is 4.98 Å². The third kappa shape index (κ3) is 2.93. The zero-order valence-electron chi connectivity index (χ0n) is 11.9. The van der Waals surface area contributed by atoms with Crippen LogP contribution in [0.1, 0.15) is 26.3 Å². The number of nitrogens with zero attached hydrogens (tertiary/aromatic N) is 1. The molecule has 1 aromatic carbocycles. The van der Waals surface area contributed by atoms with Gasteiger partial charge in [-0.15, -0.1) is 22.7 Å². The lowest BCUT2D eigenvalue weighted by molar-refractivity contribution is 0.0943. The fourth-order valence-electron chi connectivity index (χ4n) is 2.38. The Labute approximate surface area is 145 Å². The van der Waals surface area contributed by atoms with Crippen molar-refractivity contribution in [2.45, 2.75) is 6.04 Å². The van der Waals surface area contributed by atoms with Crippen LogP contribution in [0.15, 0.2) is 58.6 Å². The molecule has 3 heterocycles. The van der Waals surface area contributed by atoms with Crippen LogP contribution in [-0.4, -0.2) is 10.9 Å². The van der Waals surface area contributed by atoms with E-state index >= 15 is 0 Å². The summed E-state index contributed by atoms with van der Waals surface area (Å²) in [6.45, 7) is 0. The topological polar surface area (TPSA) is 42.0 Å². The van der Waals surface area contributed by atoms with Crippen molar-refractivity contribution in [3.8, 4) is 0 Å². The molecule has 0 unspecified atom stereocenters. The van der Waals surface area contributed by atoms with Crippen molar-refractivity contribution in [1.29, 1.82) is 0 Å². The van der Waals surface area contributed by atoms with Crippen LogP contribution < -0.4 is 5.32 Å². The Morgan fingerprint density at radius 1 is 1.09 bits per heavy atom. The van der Waals surface area contributed by atoms with Gasteiger partial charge in [0.05, 0.1) is 16.3 Å². The number of rotatable bonds is 4. The molecular weight excluding hydrogens is 344 g/mol. The monoisotopic (exact) mass is 356 g/mol. The summed E-state index contributed by atoms with van der Waals surface area (Å²) in [6, 6.07) is 13.8. The smallest absolute Gasteiger partial charge is 0.281 e. The predicted molar refractivity (Wildman–Crippen MR) is 97.6 cm³/mol. The molecule has 0 aliphatic carbocycles. The molecule has 6 heteroatoms. The third-order valence-corrected chi connectivity index (χ3v) is 6.14. The van der Waals surface area contributed by atoms with Gasteiger partial charge in [0.15, 0.2) is 5.01 Å². The van der Waals surface area contributed by atoms with Gasteiger partial charge in [-0.05, 0) is 46.0 Å². The van der Waals surface area contributed by atoms with Gasteiger partial charge in [-0.3, -0.25) is 4.79 Å². The number of thiazole rings is 1. The van der Waals surface area contributed by atoms with E-state index in [0.717, 1.165) is 20.7 Å². The SMILES string of the molecule is O=C(N[C@@H](c1ccsc1)c1cccs1)c1nc2ccccc2s1. The number of benzene rings is 1. The zero-order chi connectivity index (χ0) is 15.6. The largest absolute Gasteiger partial charge is 0.338 e. The Morgan fingerprint density at radius 2 is 2.00 bits per heavy atom. The second kappa shape index (κ2) is 6.23. The number of carbonyl (C=O) groups excluding carboxylic acids is 1. The first-order valence-electron chi connectivity index (χ1n) is 7.03. The Morgan fingerprint density at radius 3 is 2.74 bits per heavy atom. The molecule has 0 aliphatic heterocycles. The van der Waals surface area contributed by atoms with Crippen LogP contribution in [0.3, 0.4) is 0 Å². The molecule has 114 valence electrons. The van der Waals surface area contributed by atoms with Gasteiger partial charge < -0.3 is 5.32 Å². The molecule has 0 aliphatic rings. The highest BCUT2D eigenvalue weighted by atomic mass is 32.1. The second-order valence-corrected chi connectivity index (χ2v) is 7.76. The van der Waals surface area contributed by atoms with Crippen molar-refractivity contribution >= 4 is 50.1 Å². The van der Waals surface area contributed by atoms with E-state index in [2.05, 4.69) is 15.7 Å². The van der Waals surface area contributed by atoms with Crippen molar-refractivity contribution in [2.75, 3.05) is 0 Å². The van der Waals surface area contributed by atoms with Crippen molar-refractivity contribution < 1.29 is 4.79 Å². The van der Waals surface area contributed by atoms with Crippen molar-refractivity contribution in [3.05, 3.63) is 74.1 Å². The number of para-hydroxylation sites is 1. The highest BCUT2D eigenvalue weighted by Gasteiger charge is 2.21. The first-order chi connectivity index (χ1) is 11.3. The van der Waals surface area contributed by atoms with Gasteiger partial charge in [-0.2, -0.15) is 11.3 Å². The molecule has 0 saturated heterocycles. The molecule has 23 heavy (non-hydrogen) atoms. The summed E-state index contributed by atoms with van der Waals surface area (Å²) in [4.78, 5) is 18.2. The number of fused-ring (bicyclic) bond motifs is 1. The van der Waals surface area contributed by atoms with E-state index in [1.165, 1.54) is 11.3 Å². The lowest BCUT2D eigenvalue weighted by atomic mass is 10.1. The van der Waals surface area contributed by atoms with Gasteiger partial charge in [0.2, 0.25) is 0 Å². The molecule has 1 N–H and O–H groups in total. The lowest BCUT2D eigenvalue weighted by Crippen LogP contribution is -2.28. The maximum atomic E-state index is 12.7. The number of amides is 1. The minimum atomic E-state index is -0.129. The standard InChI is InChI=1S/C17H12N2OS3/c20-16(17-18-12-4-1-2-5-13(12)23-17)19-15(11-7-9-21-10-11)14-6-3-8-22-14/h1-10,15H,(H,19,20)/t15-/m0/s1. The number of aromatic nitrogens is 1. The zero-order valence-corrected chi connectivity index (χ0v) is 14.4. The van der Waals surface area contributed by atoms with E-state index in [1.54, 1.807) is 22.7 Å². The van der Waals surface area contributed by atoms with Crippen LogP contribution in [0, 0.1) is 0 Å². The molecule has 0 bridgehead atoms. The molecule has 4 aromatic rings. The lowest BCUT2D eigenvalue weighted by Gasteiger charge is -2.15. The summed E-state index contributed by atoms with van der Waals surface area (Å²) < 4.78 is 1.03. The van der Waals surface area contributed by atoms with Gasteiger partial charge in [-0.1, -0.05) is 18.2 Å². The third-order valence-electron chi connectivity index (χ3n) is 3.47. The number of nitrogens with one attached hydrogen (secondary N) is 1. The fraction of sp³-hybridized carbons (Fsp3) is 0.0588. The average molecular weight is 356 g/mol. The molecule has 1 atom stereocenters. The van der Waals surface area contributed by atoms with E-state index in [9.17, 15) is 4.79 Å². The number of hydrogen-bond donors (Lipinski definition) is 1. The average Bonchev–Trinajstić information content (AvgIpc) is 3.33. The van der Waals surface area contributed by atoms with Crippen LogP contribution in [0.25, 0.3) is 10.2 Å². The van der Waals surface area contributed by atoms with E-state index in [-0.39, 0.29) is 11.9 Å². The number of thiophene rings is 2. The Kier molecular flexibility index (Phi) is 3.95. The summed E-state index contributed by atoms with van der Waals surface area (Å²) in [7, 11) is 0. The van der Waals surface area contributed by atoms with Gasteiger partial charge in [0, 0.05) is 4.88 Å². The molecule has 3 aromatic heterocycles. The van der Waals surface area contributed by atoms with Crippen LogP contribution in [-0.2, 0) is 0 Å². The second-order valence-electron chi connectivity index (χ2n) is 4.97. The van der Waals surface area contributed by atoms with Crippen LogP contribution in [0.5, 0.6) is 0 Å². The van der Waals surface area contributed by atoms with Crippen LogP contribution in [0.4, 0.5) is 0 Å². The van der Waals surface area contributed by atoms with Gasteiger partial charge >= 0.3 is 0 Å². The summed E-state index contributed by atoms with van der Waals surface area (Å²) in [5.41, 5.74) is 1.97. The Balaban J connectivity index is 1.65. The summed E-state index contributed by atoms with van der Waals surface area (Å²) in [5, 5.41) is 9.75. The van der Waals surface area contributed by atoms with Crippen LogP contribution >= 0.6 is 34.0 Å². The molecule has 0 radical (unpaired) electrons. The van der Waals surface area contributed by atoms with Crippen molar-refractivity contribution in [1.82, 2.24) is 10.3 Å². The molecule has 0 spiro atoms. The maximum absolute atomic E-state index is 12.7. The minimum Gasteiger partial charge on any atom is -0.338 e. The Hall–Kier alpha value is -2.02. The van der Waals surface area contributed by atoms with Crippen molar-refractivity contribution in [3.63, 3.8) is 0 Å². The molecule has 4 rings (SSSR count). The summed E-state index contributed by atoms with van der Waals surface area (Å²) in [5.74, 6) is -0.129. The molecule has 0 fully saturated rings. The van der Waals surface area contributed by atoms with E-state index in [4.69, 9.17) is 0 Å². The minimum absolute atomic E-state index is 0.124. The van der Waals surface area contributed by atoms with Gasteiger partial charge in [0.25, 0.3) is 5.91 Å². The normalized spacial score (nSPS) is 12.3. The van der Waals surface area contributed by atoms with E-state index in [0.29, 0.717) is 5.01 Å². The maximum Gasteiger partial charge on any atom is 0.281 e. The van der Waals surface area contributed by atoms with Crippen LogP contribution in [0.2, 0.25) is 0 Å².